The summed E-state index contributed by atoms with van der Waals surface area (Å²) in [4.78, 5) is 0. The highest BCUT2D eigenvalue weighted by Crippen LogP contribution is 2.55. The molecular formula is C27H42OS. The van der Waals surface area contributed by atoms with Crippen molar-refractivity contribution in [3.05, 3.63) is 47.1 Å². The van der Waals surface area contributed by atoms with Gasteiger partial charge in [-0.2, -0.15) is 0 Å². The minimum Gasteiger partial charge on any atom is -0.260 e. The first-order chi connectivity index (χ1) is 14.0. The monoisotopic (exact) mass is 414 g/mol. The van der Waals surface area contributed by atoms with Crippen molar-refractivity contribution in [2.24, 2.45) is 11.3 Å². The first-order valence-corrected chi connectivity index (χ1v) is 13.7. The molecule has 2 fully saturated rings. The zero-order valence-corrected chi connectivity index (χ0v) is 19.8. The Morgan fingerprint density at radius 1 is 1.10 bits per heavy atom. The molecule has 0 aromatic rings. The number of hydrogen-bond acceptors (Lipinski definition) is 1. The lowest BCUT2D eigenvalue weighted by molar-refractivity contribution is 0.228. The van der Waals surface area contributed by atoms with Crippen molar-refractivity contribution in [3.63, 3.8) is 0 Å². The molecule has 0 aromatic carbocycles. The first kappa shape index (κ1) is 22.8. The molecule has 162 valence electrons. The third-order valence-electron chi connectivity index (χ3n) is 7.63. The topological polar surface area (TPSA) is 17.1 Å². The van der Waals surface area contributed by atoms with Gasteiger partial charge in [-0.1, -0.05) is 61.8 Å². The van der Waals surface area contributed by atoms with Crippen LogP contribution in [0.4, 0.5) is 0 Å². The minimum absolute atomic E-state index is 0.369. The maximum absolute atomic E-state index is 12.0. The number of allylic oxidation sites excluding steroid dienone is 7. The molecule has 3 aliphatic rings. The van der Waals surface area contributed by atoms with Crippen molar-refractivity contribution in [1.29, 1.82) is 0 Å². The van der Waals surface area contributed by atoms with Crippen LogP contribution in [-0.4, -0.2) is 15.7 Å². The Bertz CT molecular complexity index is 695. The van der Waals surface area contributed by atoms with Gasteiger partial charge in [-0.15, -0.1) is 0 Å². The van der Waals surface area contributed by atoms with Crippen LogP contribution in [0.1, 0.15) is 97.3 Å². The normalized spacial score (nSPS) is 31.2. The third kappa shape index (κ3) is 5.84. The van der Waals surface area contributed by atoms with Gasteiger partial charge in [0.1, 0.15) is 0 Å². The van der Waals surface area contributed by atoms with E-state index in [2.05, 4.69) is 38.7 Å². The van der Waals surface area contributed by atoms with Gasteiger partial charge in [0.15, 0.2) is 0 Å². The summed E-state index contributed by atoms with van der Waals surface area (Å²) in [6.45, 7) is 8.99. The summed E-state index contributed by atoms with van der Waals surface area (Å²) in [5.41, 5.74) is 6.61. The summed E-state index contributed by atoms with van der Waals surface area (Å²) in [6, 6.07) is 0. The fourth-order valence-electron chi connectivity index (χ4n) is 5.68. The second kappa shape index (κ2) is 10.9. The van der Waals surface area contributed by atoms with Crippen molar-refractivity contribution in [2.75, 3.05) is 11.5 Å². The summed E-state index contributed by atoms with van der Waals surface area (Å²) in [6.07, 6.45) is 23.4. The molecule has 3 aliphatic carbocycles. The Balaban J connectivity index is 1.55. The van der Waals surface area contributed by atoms with Gasteiger partial charge in [-0.3, -0.25) is 4.21 Å². The molecule has 0 radical (unpaired) electrons. The Hall–Kier alpha value is -0.890. The molecule has 0 aliphatic heterocycles. The summed E-state index contributed by atoms with van der Waals surface area (Å²) in [5.74, 6) is 2.50. The van der Waals surface area contributed by atoms with Gasteiger partial charge in [0.05, 0.1) is 0 Å². The molecule has 29 heavy (non-hydrogen) atoms. The zero-order valence-electron chi connectivity index (χ0n) is 18.9. The molecule has 3 unspecified atom stereocenters. The first-order valence-electron chi connectivity index (χ1n) is 12.2. The molecule has 0 amide bonds. The van der Waals surface area contributed by atoms with Gasteiger partial charge >= 0.3 is 0 Å². The average molecular weight is 415 g/mol. The van der Waals surface area contributed by atoms with E-state index >= 15 is 0 Å². The van der Waals surface area contributed by atoms with E-state index in [1.54, 1.807) is 11.1 Å². The second-order valence-corrected chi connectivity index (χ2v) is 11.4. The van der Waals surface area contributed by atoms with E-state index in [9.17, 15) is 4.21 Å². The Morgan fingerprint density at radius 2 is 1.90 bits per heavy atom. The molecule has 0 spiro atoms. The molecule has 0 aromatic heterocycles. The smallest absolute Gasteiger partial charge is 0.0234 e. The maximum atomic E-state index is 12.0. The van der Waals surface area contributed by atoms with E-state index in [0.29, 0.717) is 11.3 Å². The van der Waals surface area contributed by atoms with Gasteiger partial charge in [0, 0.05) is 22.3 Å². The zero-order chi connectivity index (χ0) is 20.7. The molecule has 2 saturated carbocycles. The van der Waals surface area contributed by atoms with Crippen LogP contribution < -0.4 is 0 Å². The minimum atomic E-state index is -0.598. The van der Waals surface area contributed by atoms with Crippen LogP contribution in [0.15, 0.2) is 47.1 Å². The van der Waals surface area contributed by atoms with E-state index in [1.807, 2.05) is 0 Å². The van der Waals surface area contributed by atoms with Crippen molar-refractivity contribution < 1.29 is 4.21 Å². The quantitative estimate of drug-likeness (QED) is 0.277. The lowest BCUT2D eigenvalue weighted by atomic mass is 9.63. The van der Waals surface area contributed by atoms with Crippen LogP contribution in [0.5, 0.6) is 0 Å². The van der Waals surface area contributed by atoms with E-state index in [0.717, 1.165) is 30.8 Å². The van der Waals surface area contributed by atoms with E-state index in [-0.39, 0.29) is 0 Å². The lowest BCUT2D eigenvalue weighted by Crippen LogP contribution is -2.30. The highest BCUT2D eigenvalue weighted by Gasteiger charge is 2.44. The van der Waals surface area contributed by atoms with Crippen LogP contribution in [0.2, 0.25) is 0 Å². The van der Waals surface area contributed by atoms with Crippen LogP contribution in [0.3, 0.4) is 0 Å². The van der Waals surface area contributed by atoms with Gasteiger partial charge < -0.3 is 0 Å². The van der Waals surface area contributed by atoms with Gasteiger partial charge in [-0.25, -0.2) is 0 Å². The van der Waals surface area contributed by atoms with E-state index in [4.69, 9.17) is 0 Å². The number of rotatable bonds is 9. The number of fused-ring (bicyclic) bond motifs is 1. The summed E-state index contributed by atoms with van der Waals surface area (Å²) in [7, 11) is -0.598. The van der Waals surface area contributed by atoms with Gasteiger partial charge in [0.2, 0.25) is 0 Å². The largest absolute Gasteiger partial charge is 0.260 e. The van der Waals surface area contributed by atoms with Crippen LogP contribution >= 0.6 is 0 Å². The van der Waals surface area contributed by atoms with Crippen molar-refractivity contribution in [1.82, 2.24) is 0 Å². The molecular weight excluding hydrogens is 372 g/mol. The van der Waals surface area contributed by atoms with Crippen LogP contribution in [0.25, 0.3) is 0 Å². The number of hydrogen-bond donors (Lipinski definition) is 0. The fraction of sp³-hybridized carbons (Fsp3) is 0.704. The van der Waals surface area contributed by atoms with Crippen molar-refractivity contribution in [3.8, 4) is 0 Å². The van der Waals surface area contributed by atoms with E-state index in [1.165, 1.54) is 75.4 Å². The SMILES string of the molecule is C=C1CCCC/C1=C/C=C1\CCCC2(C)C(CCCCS(=O)CCCC)=CCC12. The summed E-state index contributed by atoms with van der Waals surface area (Å²) in [5, 5.41) is 0. The Morgan fingerprint density at radius 3 is 2.69 bits per heavy atom. The number of unbranched alkanes of at least 4 members (excludes halogenated alkanes) is 2. The molecule has 0 heterocycles. The highest BCUT2D eigenvalue weighted by molar-refractivity contribution is 7.84. The summed E-state index contributed by atoms with van der Waals surface area (Å²) < 4.78 is 12.0. The predicted molar refractivity (Wildman–Crippen MR) is 129 cm³/mol. The third-order valence-corrected chi connectivity index (χ3v) is 9.12. The Kier molecular flexibility index (Phi) is 8.59. The van der Waals surface area contributed by atoms with Crippen molar-refractivity contribution in [2.45, 2.75) is 97.3 Å². The molecule has 1 nitrogen and oxygen atoms in total. The standard InChI is InChI=1S/C27H42OS/c1-4-5-20-29(28)21-9-8-14-25-17-18-26-24(13-10-19-27(25,26)3)16-15-23-12-7-6-11-22(23)2/h15-17,26H,2,4-14,18-21H2,1,3H3/b23-15-,24-16+. The molecule has 3 atom stereocenters. The van der Waals surface area contributed by atoms with E-state index < -0.39 is 10.8 Å². The maximum Gasteiger partial charge on any atom is 0.0234 e. The molecule has 0 bridgehead atoms. The highest BCUT2D eigenvalue weighted by atomic mass is 32.2. The summed E-state index contributed by atoms with van der Waals surface area (Å²) >= 11 is 0. The lowest BCUT2D eigenvalue weighted by Gasteiger charge is -2.41. The van der Waals surface area contributed by atoms with Crippen LogP contribution in [-0.2, 0) is 10.8 Å². The van der Waals surface area contributed by atoms with Gasteiger partial charge in [0.25, 0.3) is 0 Å². The molecule has 0 N–H and O–H groups in total. The van der Waals surface area contributed by atoms with Gasteiger partial charge in [-0.05, 0) is 94.0 Å². The second-order valence-electron chi connectivity index (χ2n) is 9.69. The fourth-order valence-corrected chi connectivity index (χ4v) is 7.02. The molecule has 0 saturated heterocycles. The molecule has 3 rings (SSSR count). The Labute approximate surface area is 182 Å². The van der Waals surface area contributed by atoms with Crippen molar-refractivity contribution >= 4 is 10.8 Å². The average Bonchev–Trinajstić information content (AvgIpc) is 3.05. The van der Waals surface area contributed by atoms with Crippen LogP contribution in [0, 0.1) is 11.3 Å². The molecule has 2 heteroatoms. The predicted octanol–water partition coefficient (Wildman–Crippen LogP) is 7.83.